The molecule has 0 aromatic carbocycles. The van der Waals surface area contributed by atoms with E-state index in [2.05, 4.69) is 26.0 Å². The number of esters is 1. The van der Waals surface area contributed by atoms with Crippen molar-refractivity contribution in [2.45, 2.75) is 245 Å². The van der Waals surface area contributed by atoms with Crippen LogP contribution in [0.5, 0.6) is 0 Å². The number of carbonyl (C=O) groups is 1. The molecule has 0 aliphatic rings. The summed E-state index contributed by atoms with van der Waals surface area (Å²) >= 11 is 0. The van der Waals surface area contributed by atoms with E-state index in [0.717, 1.165) is 32.1 Å². The van der Waals surface area contributed by atoms with E-state index >= 15 is 0 Å². The number of phosphoric acid groups is 1. The third-order valence-corrected chi connectivity index (χ3v) is 12.1. The number of nitrogens with zero attached hydrogens (tertiary/aromatic N) is 1. The van der Waals surface area contributed by atoms with E-state index in [-0.39, 0.29) is 25.8 Å². The molecule has 0 heterocycles. The summed E-state index contributed by atoms with van der Waals surface area (Å²) in [5, 5.41) is 0. The van der Waals surface area contributed by atoms with Gasteiger partial charge in [-0.3, -0.25) is 13.8 Å². The van der Waals surface area contributed by atoms with Crippen molar-refractivity contribution in [2.75, 3.05) is 54.1 Å². The highest BCUT2D eigenvalue weighted by molar-refractivity contribution is 7.47. The predicted octanol–water partition coefficient (Wildman–Crippen LogP) is 15.0. The fourth-order valence-electron chi connectivity index (χ4n) is 7.18. The number of allylic oxidation sites excluding steroid dienone is 2. The second-order valence-corrected chi connectivity index (χ2v) is 19.7. The zero-order chi connectivity index (χ0) is 42.7. The lowest BCUT2D eigenvalue weighted by atomic mass is 10.0. The Kier molecular flexibility index (Phi) is 42.3. The van der Waals surface area contributed by atoms with Crippen LogP contribution in [0, 0.1) is 0 Å². The summed E-state index contributed by atoms with van der Waals surface area (Å²) in [4.78, 5) is 22.9. The minimum Gasteiger partial charge on any atom is -0.457 e. The second kappa shape index (κ2) is 42.9. The van der Waals surface area contributed by atoms with Gasteiger partial charge in [-0.15, -0.1) is 0 Å². The van der Waals surface area contributed by atoms with Crippen molar-refractivity contribution < 1.29 is 37.3 Å². The van der Waals surface area contributed by atoms with E-state index in [1.54, 1.807) is 0 Å². The first-order valence-electron chi connectivity index (χ1n) is 24.9. The number of likely N-dealkylation sites (N-methyl/N-ethyl adjacent to an activating group) is 1. The van der Waals surface area contributed by atoms with Crippen molar-refractivity contribution in [2.24, 2.45) is 0 Å². The Morgan fingerprint density at radius 1 is 0.517 bits per heavy atom. The molecular weight excluding hydrogens is 746 g/mol. The van der Waals surface area contributed by atoms with Crippen LogP contribution in [0.25, 0.3) is 0 Å². The van der Waals surface area contributed by atoms with Crippen molar-refractivity contribution in [3.8, 4) is 0 Å². The topological polar surface area (TPSA) is 91.3 Å². The van der Waals surface area contributed by atoms with Crippen molar-refractivity contribution in [3.05, 3.63) is 12.2 Å². The van der Waals surface area contributed by atoms with Crippen LogP contribution in [0.4, 0.5) is 0 Å². The number of unbranched alkanes of at least 4 members (excludes halogenated alkanes) is 31. The molecule has 0 aliphatic heterocycles. The zero-order valence-electron chi connectivity index (χ0n) is 39.3. The summed E-state index contributed by atoms with van der Waals surface area (Å²) in [5.74, 6) is -0.310. The van der Waals surface area contributed by atoms with E-state index in [4.69, 9.17) is 18.5 Å². The van der Waals surface area contributed by atoms with Crippen LogP contribution in [0.15, 0.2) is 12.2 Å². The smallest absolute Gasteiger partial charge is 0.457 e. The second-order valence-electron chi connectivity index (χ2n) is 18.2. The van der Waals surface area contributed by atoms with Gasteiger partial charge >= 0.3 is 13.8 Å². The lowest BCUT2D eigenvalue weighted by molar-refractivity contribution is -0.870. The molecule has 0 saturated carbocycles. The van der Waals surface area contributed by atoms with Gasteiger partial charge in [-0.2, -0.15) is 0 Å². The molecule has 8 nitrogen and oxygen atoms in total. The molecule has 0 rings (SSSR count). The molecule has 0 bridgehead atoms. The number of ether oxygens (including phenoxy) is 2. The molecule has 0 fully saturated rings. The van der Waals surface area contributed by atoms with E-state index in [1.807, 2.05) is 21.1 Å². The number of hydrogen-bond acceptors (Lipinski definition) is 6. The zero-order valence-corrected chi connectivity index (χ0v) is 40.2. The molecule has 0 spiro atoms. The summed E-state index contributed by atoms with van der Waals surface area (Å²) in [6, 6.07) is 0. The van der Waals surface area contributed by atoms with Gasteiger partial charge in [-0.25, -0.2) is 4.57 Å². The van der Waals surface area contributed by atoms with Crippen LogP contribution in [0.1, 0.15) is 239 Å². The number of rotatable bonds is 47. The van der Waals surface area contributed by atoms with Crippen LogP contribution in [-0.4, -0.2) is 75.6 Å². The van der Waals surface area contributed by atoms with Gasteiger partial charge in [0, 0.05) is 13.0 Å². The number of quaternary nitrogens is 1. The molecule has 0 aromatic rings. The van der Waals surface area contributed by atoms with Crippen molar-refractivity contribution in [1.29, 1.82) is 0 Å². The first-order valence-corrected chi connectivity index (χ1v) is 26.4. The normalized spacial score (nSPS) is 13.7. The van der Waals surface area contributed by atoms with E-state index in [1.165, 1.54) is 186 Å². The molecule has 346 valence electrons. The third-order valence-electron chi connectivity index (χ3n) is 11.1. The molecule has 1 N–H and O–H groups in total. The highest BCUT2D eigenvalue weighted by atomic mass is 31.2. The Morgan fingerprint density at radius 2 is 0.914 bits per heavy atom. The first-order chi connectivity index (χ1) is 28.1. The maximum Gasteiger partial charge on any atom is 0.472 e. The molecule has 2 unspecified atom stereocenters. The van der Waals surface area contributed by atoms with Gasteiger partial charge in [-0.1, -0.05) is 212 Å². The third kappa shape index (κ3) is 46.3. The van der Waals surface area contributed by atoms with Crippen molar-refractivity contribution in [3.63, 3.8) is 0 Å². The Morgan fingerprint density at radius 3 is 1.36 bits per heavy atom. The summed E-state index contributed by atoms with van der Waals surface area (Å²) in [6.07, 6.45) is 48.3. The fourth-order valence-corrected chi connectivity index (χ4v) is 7.92. The Hall–Kier alpha value is -0.760. The average molecular weight is 845 g/mol. The lowest BCUT2D eigenvalue weighted by Gasteiger charge is -2.24. The average Bonchev–Trinajstić information content (AvgIpc) is 3.18. The molecule has 0 saturated heterocycles. The van der Waals surface area contributed by atoms with Crippen LogP contribution in [-0.2, 0) is 27.9 Å². The Bertz CT molecular complexity index is 940. The van der Waals surface area contributed by atoms with Crippen LogP contribution in [0.2, 0.25) is 0 Å². The fraction of sp³-hybridized carbons (Fsp3) is 0.939. The van der Waals surface area contributed by atoms with Gasteiger partial charge in [-0.05, 0) is 32.1 Å². The SMILES string of the molecule is CCCC/C=C\CCCCCCCCOCC(COP(=O)(O)OCC[N+](C)(C)C)OC(=O)CCCCCCCCCCCCCCCCCCCCCCCCCC. The van der Waals surface area contributed by atoms with Crippen LogP contribution >= 0.6 is 7.82 Å². The van der Waals surface area contributed by atoms with E-state index < -0.39 is 13.9 Å². The number of hydrogen-bond donors (Lipinski definition) is 1. The van der Waals surface area contributed by atoms with Gasteiger partial charge in [0.25, 0.3) is 0 Å². The minimum atomic E-state index is -4.27. The van der Waals surface area contributed by atoms with Crippen LogP contribution in [0.3, 0.4) is 0 Å². The maximum atomic E-state index is 12.7. The standard InChI is InChI=1S/C49H98NO7P/c1-6-8-10-12-14-16-18-20-21-22-23-24-25-26-27-28-29-30-31-32-34-36-38-40-42-49(51)57-48(47-56-58(52,53)55-45-43-50(3,4)5)46-54-44-41-39-37-35-33-19-17-15-13-11-9-7-2/h13,15,48H,6-12,14,16-47H2,1-5H3/p+1/b15-13-. The van der Waals surface area contributed by atoms with Crippen molar-refractivity contribution >= 4 is 13.8 Å². The predicted molar refractivity (Wildman–Crippen MR) is 247 cm³/mol. The van der Waals surface area contributed by atoms with Gasteiger partial charge in [0.05, 0.1) is 34.4 Å². The molecule has 0 amide bonds. The Balaban J connectivity index is 4.02. The largest absolute Gasteiger partial charge is 0.472 e. The monoisotopic (exact) mass is 845 g/mol. The molecule has 2 atom stereocenters. The summed E-state index contributed by atoms with van der Waals surface area (Å²) in [7, 11) is 1.68. The molecule has 0 aromatic heterocycles. The number of carbonyl (C=O) groups excluding carboxylic acids is 1. The van der Waals surface area contributed by atoms with Gasteiger partial charge in [0.2, 0.25) is 0 Å². The maximum absolute atomic E-state index is 12.7. The van der Waals surface area contributed by atoms with Crippen molar-refractivity contribution in [1.82, 2.24) is 0 Å². The highest BCUT2D eigenvalue weighted by Crippen LogP contribution is 2.43. The van der Waals surface area contributed by atoms with E-state index in [0.29, 0.717) is 24.1 Å². The van der Waals surface area contributed by atoms with Gasteiger partial charge in [0.1, 0.15) is 19.3 Å². The number of phosphoric ester groups is 1. The lowest BCUT2D eigenvalue weighted by Crippen LogP contribution is -2.37. The summed E-state index contributed by atoms with van der Waals surface area (Å²) in [5.41, 5.74) is 0. The molecule has 0 radical (unpaired) electrons. The van der Waals surface area contributed by atoms with Gasteiger partial charge < -0.3 is 18.9 Å². The molecule has 0 aliphatic carbocycles. The minimum absolute atomic E-state index is 0.0907. The molecular formula is C49H99NO7P+. The molecule has 58 heavy (non-hydrogen) atoms. The van der Waals surface area contributed by atoms with E-state index in [9.17, 15) is 14.3 Å². The van der Waals surface area contributed by atoms with Crippen LogP contribution < -0.4 is 0 Å². The summed E-state index contributed by atoms with van der Waals surface area (Å²) in [6.45, 7) is 5.63. The molecule has 9 heteroatoms. The first kappa shape index (κ1) is 57.2. The highest BCUT2D eigenvalue weighted by Gasteiger charge is 2.26. The summed E-state index contributed by atoms with van der Waals surface area (Å²) < 4.78 is 35.1. The quantitative estimate of drug-likeness (QED) is 0.0214. The Labute approximate surface area is 360 Å². The van der Waals surface area contributed by atoms with Gasteiger partial charge in [0.15, 0.2) is 0 Å².